The second-order valence-corrected chi connectivity index (χ2v) is 4.98. The van der Waals surface area contributed by atoms with Crippen molar-refractivity contribution in [2.45, 2.75) is 6.54 Å². The van der Waals surface area contributed by atoms with E-state index in [1.54, 1.807) is 0 Å². The van der Waals surface area contributed by atoms with Crippen LogP contribution < -0.4 is 9.47 Å². The Kier molecular flexibility index (Phi) is 2.85. The third kappa shape index (κ3) is 2.36. The number of fused-ring (bicyclic) bond motifs is 1. The predicted molar refractivity (Wildman–Crippen MR) is 79.3 cm³/mol. The molecule has 104 valence electrons. The summed E-state index contributed by atoms with van der Waals surface area (Å²) in [5.41, 5.74) is 3.22. The van der Waals surface area contributed by atoms with Gasteiger partial charge in [-0.2, -0.15) is 0 Å². The van der Waals surface area contributed by atoms with Crippen LogP contribution in [0.1, 0.15) is 5.56 Å². The summed E-state index contributed by atoms with van der Waals surface area (Å²) in [5.74, 6) is 1.58. The molecule has 1 aromatic heterocycles. The molecule has 1 aliphatic heterocycles. The molecule has 21 heavy (non-hydrogen) atoms. The minimum Gasteiger partial charge on any atom is -0.454 e. The number of nitrogens with zero attached hydrogens (tertiary/aromatic N) is 2. The lowest BCUT2D eigenvalue weighted by molar-refractivity contribution is 0.174. The van der Waals surface area contributed by atoms with Crippen molar-refractivity contribution in [3.05, 3.63) is 66.6 Å². The highest BCUT2D eigenvalue weighted by atomic mass is 16.7. The van der Waals surface area contributed by atoms with Gasteiger partial charge in [-0.1, -0.05) is 30.3 Å². The number of aromatic nitrogens is 2. The van der Waals surface area contributed by atoms with Gasteiger partial charge in [-0.05, 0) is 23.8 Å². The van der Waals surface area contributed by atoms with Crippen LogP contribution in [0.25, 0.3) is 11.3 Å². The maximum absolute atomic E-state index is 5.41. The molecule has 0 saturated heterocycles. The maximum atomic E-state index is 5.41. The lowest BCUT2D eigenvalue weighted by atomic mass is 10.1. The van der Waals surface area contributed by atoms with Gasteiger partial charge in [0.1, 0.15) is 0 Å². The number of rotatable bonds is 3. The summed E-state index contributed by atoms with van der Waals surface area (Å²) in [6, 6.07) is 16.2. The highest BCUT2D eigenvalue weighted by Gasteiger charge is 2.14. The topological polar surface area (TPSA) is 36.3 Å². The second kappa shape index (κ2) is 4.98. The fourth-order valence-corrected chi connectivity index (χ4v) is 2.45. The molecule has 0 unspecified atom stereocenters. The zero-order chi connectivity index (χ0) is 14.1. The van der Waals surface area contributed by atoms with Gasteiger partial charge in [0.25, 0.3) is 0 Å². The molecule has 4 heteroatoms. The molecule has 0 saturated carbocycles. The van der Waals surface area contributed by atoms with Crippen LogP contribution >= 0.6 is 0 Å². The molecule has 0 fully saturated rings. The molecule has 0 bridgehead atoms. The van der Waals surface area contributed by atoms with Gasteiger partial charge in [-0.3, -0.25) is 0 Å². The molecule has 0 atom stereocenters. The quantitative estimate of drug-likeness (QED) is 0.737. The Balaban J connectivity index is 1.59. The molecule has 0 spiro atoms. The van der Waals surface area contributed by atoms with E-state index in [4.69, 9.17) is 9.47 Å². The molecule has 0 N–H and O–H groups in total. The Bertz CT molecular complexity index is 765. The van der Waals surface area contributed by atoms with Crippen LogP contribution in [0.3, 0.4) is 0 Å². The van der Waals surface area contributed by atoms with E-state index in [2.05, 4.69) is 21.7 Å². The first-order valence-electron chi connectivity index (χ1n) is 6.84. The van der Waals surface area contributed by atoms with Crippen LogP contribution in [0.2, 0.25) is 0 Å². The van der Waals surface area contributed by atoms with Crippen LogP contribution in [-0.4, -0.2) is 16.3 Å². The summed E-state index contributed by atoms with van der Waals surface area (Å²) in [5, 5.41) is 0. The molecule has 4 rings (SSSR count). The van der Waals surface area contributed by atoms with Crippen molar-refractivity contribution < 1.29 is 9.47 Å². The van der Waals surface area contributed by atoms with E-state index in [0.717, 1.165) is 29.3 Å². The van der Waals surface area contributed by atoms with Crippen LogP contribution in [0.4, 0.5) is 0 Å². The Labute approximate surface area is 122 Å². The summed E-state index contributed by atoms with van der Waals surface area (Å²) in [6.45, 7) is 1.11. The Morgan fingerprint density at radius 3 is 2.76 bits per heavy atom. The monoisotopic (exact) mass is 278 g/mol. The number of hydrogen-bond acceptors (Lipinski definition) is 3. The van der Waals surface area contributed by atoms with Crippen LogP contribution in [0.15, 0.2) is 61.1 Å². The molecule has 0 radical (unpaired) electrons. The van der Waals surface area contributed by atoms with Crippen molar-refractivity contribution in [3.8, 4) is 22.8 Å². The fraction of sp³-hybridized carbons (Fsp3) is 0.118. The second-order valence-electron chi connectivity index (χ2n) is 4.98. The molecular formula is C17H14N2O2. The molecule has 1 aliphatic rings. The summed E-state index contributed by atoms with van der Waals surface area (Å²) >= 11 is 0. The fourth-order valence-electron chi connectivity index (χ4n) is 2.45. The van der Waals surface area contributed by atoms with Gasteiger partial charge in [0.15, 0.2) is 11.5 Å². The van der Waals surface area contributed by atoms with Crippen molar-refractivity contribution in [1.29, 1.82) is 0 Å². The number of imidazole rings is 1. The van der Waals surface area contributed by atoms with E-state index in [1.807, 2.05) is 48.9 Å². The van der Waals surface area contributed by atoms with Crippen LogP contribution in [0, 0.1) is 0 Å². The summed E-state index contributed by atoms with van der Waals surface area (Å²) < 4.78 is 12.8. The minimum atomic E-state index is 0.293. The van der Waals surface area contributed by atoms with E-state index in [-0.39, 0.29) is 0 Å². The lowest BCUT2D eigenvalue weighted by Crippen LogP contribution is -1.95. The SMILES string of the molecule is c1ccc(Cn2cnc(-c3ccc4c(c3)OCO4)c2)cc1. The molecule has 4 nitrogen and oxygen atoms in total. The van der Waals surface area contributed by atoms with E-state index in [0.29, 0.717) is 6.79 Å². The molecule has 0 amide bonds. The van der Waals surface area contributed by atoms with Gasteiger partial charge in [0, 0.05) is 18.3 Å². The Morgan fingerprint density at radius 1 is 1.00 bits per heavy atom. The van der Waals surface area contributed by atoms with Gasteiger partial charge in [-0.15, -0.1) is 0 Å². The third-order valence-electron chi connectivity index (χ3n) is 3.51. The Hall–Kier alpha value is -2.75. The molecule has 3 aromatic rings. The number of hydrogen-bond donors (Lipinski definition) is 0. The molecule has 2 heterocycles. The Morgan fingerprint density at radius 2 is 1.86 bits per heavy atom. The average molecular weight is 278 g/mol. The van der Waals surface area contributed by atoms with E-state index in [9.17, 15) is 0 Å². The minimum absolute atomic E-state index is 0.293. The largest absolute Gasteiger partial charge is 0.454 e. The standard InChI is InChI=1S/C17H14N2O2/c1-2-4-13(5-3-1)9-19-10-15(18-11-19)14-6-7-16-17(8-14)21-12-20-16/h1-8,10-11H,9,12H2. The lowest BCUT2D eigenvalue weighted by Gasteiger charge is -2.02. The highest BCUT2D eigenvalue weighted by Crippen LogP contribution is 2.35. The van der Waals surface area contributed by atoms with Crippen molar-refractivity contribution in [2.75, 3.05) is 6.79 Å². The summed E-state index contributed by atoms with van der Waals surface area (Å²) in [6.07, 6.45) is 3.90. The molecular weight excluding hydrogens is 264 g/mol. The normalized spacial score (nSPS) is 12.6. The van der Waals surface area contributed by atoms with Crippen LogP contribution in [-0.2, 0) is 6.54 Å². The van der Waals surface area contributed by atoms with Crippen molar-refractivity contribution in [2.24, 2.45) is 0 Å². The summed E-state index contributed by atoms with van der Waals surface area (Å²) in [7, 11) is 0. The first-order chi connectivity index (χ1) is 10.4. The predicted octanol–water partition coefficient (Wildman–Crippen LogP) is 3.33. The maximum Gasteiger partial charge on any atom is 0.231 e. The molecule has 2 aromatic carbocycles. The smallest absolute Gasteiger partial charge is 0.231 e. The van der Waals surface area contributed by atoms with E-state index >= 15 is 0 Å². The zero-order valence-electron chi connectivity index (χ0n) is 11.4. The van der Waals surface area contributed by atoms with Gasteiger partial charge >= 0.3 is 0 Å². The van der Waals surface area contributed by atoms with Gasteiger partial charge in [-0.25, -0.2) is 4.98 Å². The average Bonchev–Trinajstić information content (AvgIpc) is 3.16. The number of benzene rings is 2. The molecule has 0 aliphatic carbocycles. The third-order valence-corrected chi connectivity index (χ3v) is 3.51. The summed E-state index contributed by atoms with van der Waals surface area (Å²) in [4.78, 5) is 4.47. The van der Waals surface area contributed by atoms with Crippen LogP contribution in [0.5, 0.6) is 11.5 Å². The van der Waals surface area contributed by atoms with Crippen molar-refractivity contribution in [3.63, 3.8) is 0 Å². The van der Waals surface area contributed by atoms with Crippen molar-refractivity contribution >= 4 is 0 Å². The number of ether oxygens (including phenoxy) is 2. The van der Waals surface area contributed by atoms with Gasteiger partial charge in [0.2, 0.25) is 6.79 Å². The zero-order valence-corrected chi connectivity index (χ0v) is 11.4. The van der Waals surface area contributed by atoms with E-state index < -0.39 is 0 Å². The highest BCUT2D eigenvalue weighted by molar-refractivity contribution is 5.63. The van der Waals surface area contributed by atoms with Gasteiger partial charge in [0.05, 0.1) is 12.0 Å². The van der Waals surface area contributed by atoms with Crippen molar-refractivity contribution in [1.82, 2.24) is 9.55 Å². The first kappa shape index (κ1) is 12.0. The first-order valence-corrected chi connectivity index (χ1v) is 6.84. The van der Waals surface area contributed by atoms with Gasteiger partial charge < -0.3 is 14.0 Å². The van der Waals surface area contributed by atoms with E-state index in [1.165, 1.54) is 5.56 Å².